The van der Waals surface area contributed by atoms with E-state index in [1.54, 1.807) is 5.57 Å². The third-order valence-corrected chi connectivity index (χ3v) is 8.85. The monoisotopic (exact) mass is 394 g/mol. The average molecular weight is 395 g/mol. The lowest BCUT2D eigenvalue weighted by Crippen LogP contribution is -2.55. The molecule has 3 unspecified atom stereocenters. The van der Waals surface area contributed by atoms with Crippen LogP contribution >= 0.6 is 0 Å². The van der Waals surface area contributed by atoms with Gasteiger partial charge in [-0.15, -0.1) is 0 Å². The van der Waals surface area contributed by atoms with Gasteiger partial charge >= 0.3 is 0 Å². The van der Waals surface area contributed by atoms with Gasteiger partial charge in [0.1, 0.15) is 5.78 Å². The van der Waals surface area contributed by atoms with Crippen LogP contribution in [-0.4, -0.2) is 10.9 Å². The van der Waals surface area contributed by atoms with E-state index in [2.05, 4.69) is 45.0 Å². The van der Waals surface area contributed by atoms with E-state index in [1.807, 2.05) is 6.07 Å². The molecule has 0 aliphatic heterocycles. The summed E-state index contributed by atoms with van der Waals surface area (Å²) in [6.45, 7) is 6.70. The smallest absolute Gasteiger partial charge is 0.137 e. The molecule has 5 atom stereocenters. The fourth-order valence-corrected chi connectivity index (χ4v) is 7.61. The van der Waals surface area contributed by atoms with Crippen LogP contribution < -0.4 is 0 Å². The lowest BCUT2D eigenvalue weighted by atomic mass is 9.46. The van der Waals surface area contributed by atoms with E-state index in [1.165, 1.54) is 18.4 Å². The first-order valence-electron chi connectivity index (χ1n) is 11.9. The van der Waals surface area contributed by atoms with E-state index < -0.39 is 5.60 Å². The standard InChI is InChI=1S/C27H38O2/c1-4-16-27(26(3,29)20-9-7-6-8-10-20)17-15-23-22-14-12-21(28)18-19(22)11-13-24(23)25(27)5-2/h6-10,23-25,29H,4-5,11-18H2,1-3H3/t23-,24-,25?,26?,27?/m1/s1. The van der Waals surface area contributed by atoms with Crippen LogP contribution in [0.4, 0.5) is 0 Å². The number of fused-ring (bicyclic) bond motifs is 2. The van der Waals surface area contributed by atoms with E-state index in [-0.39, 0.29) is 5.41 Å². The summed E-state index contributed by atoms with van der Waals surface area (Å²) in [5.74, 6) is 2.27. The van der Waals surface area contributed by atoms with Crippen LogP contribution in [0.2, 0.25) is 0 Å². The highest BCUT2D eigenvalue weighted by molar-refractivity contribution is 5.82. The van der Waals surface area contributed by atoms with E-state index in [0.717, 1.165) is 56.9 Å². The number of carbonyl (C=O) groups excluding carboxylic acids is 1. The Kier molecular flexibility index (Phi) is 5.77. The molecule has 1 aromatic rings. The minimum atomic E-state index is -0.812. The van der Waals surface area contributed by atoms with Crippen molar-refractivity contribution in [3.05, 3.63) is 47.0 Å². The van der Waals surface area contributed by atoms with Gasteiger partial charge in [-0.3, -0.25) is 4.79 Å². The SMILES string of the molecule is CCCC1(C(C)(O)c2ccccc2)CC[C@@H]2C3=C(CC[C@H]2C1CC)CC(=O)CC3. The van der Waals surface area contributed by atoms with Gasteiger partial charge in [0.2, 0.25) is 0 Å². The lowest BCUT2D eigenvalue weighted by molar-refractivity contribution is -0.161. The molecule has 3 aliphatic rings. The molecule has 0 saturated heterocycles. The van der Waals surface area contributed by atoms with Crippen molar-refractivity contribution in [3.63, 3.8) is 0 Å². The maximum atomic E-state index is 12.1. The molecular formula is C27H38O2. The summed E-state index contributed by atoms with van der Waals surface area (Å²) in [5, 5.41) is 12.1. The van der Waals surface area contributed by atoms with Crippen molar-refractivity contribution in [2.75, 3.05) is 0 Å². The Balaban J connectivity index is 1.73. The molecule has 2 nitrogen and oxygen atoms in total. The van der Waals surface area contributed by atoms with Crippen LogP contribution in [0.3, 0.4) is 0 Å². The number of rotatable bonds is 5. The predicted molar refractivity (Wildman–Crippen MR) is 118 cm³/mol. The van der Waals surface area contributed by atoms with Crippen molar-refractivity contribution in [1.29, 1.82) is 0 Å². The van der Waals surface area contributed by atoms with Crippen molar-refractivity contribution >= 4 is 5.78 Å². The van der Waals surface area contributed by atoms with Crippen LogP contribution in [0.1, 0.15) is 90.5 Å². The molecule has 3 aliphatic carbocycles. The molecule has 2 heteroatoms. The highest BCUT2D eigenvalue weighted by Crippen LogP contribution is 2.63. The maximum Gasteiger partial charge on any atom is 0.137 e. The first kappa shape index (κ1) is 20.8. The second-order valence-electron chi connectivity index (χ2n) is 10.1. The highest BCUT2D eigenvalue weighted by Gasteiger charge is 2.58. The summed E-state index contributed by atoms with van der Waals surface area (Å²) in [6.07, 6.45) is 10.4. The molecule has 4 rings (SSSR count). The molecule has 0 spiro atoms. The number of benzene rings is 1. The number of aliphatic hydroxyl groups is 1. The number of hydrogen-bond acceptors (Lipinski definition) is 2. The van der Waals surface area contributed by atoms with Gasteiger partial charge in [0.25, 0.3) is 0 Å². The maximum absolute atomic E-state index is 12.1. The molecule has 1 N–H and O–H groups in total. The second kappa shape index (κ2) is 8.02. The molecule has 1 saturated carbocycles. The molecule has 0 amide bonds. The van der Waals surface area contributed by atoms with Crippen molar-refractivity contribution in [2.45, 2.75) is 90.6 Å². The van der Waals surface area contributed by atoms with Crippen LogP contribution in [0, 0.1) is 23.2 Å². The molecule has 29 heavy (non-hydrogen) atoms. The number of ketones is 1. The van der Waals surface area contributed by atoms with Gasteiger partial charge in [0.05, 0.1) is 5.60 Å². The predicted octanol–water partition coefficient (Wildman–Crippen LogP) is 6.58. The Morgan fingerprint density at radius 2 is 1.86 bits per heavy atom. The topological polar surface area (TPSA) is 37.3 Å². The van der Waals surface area contributed by atoms with Crippen LogP contribution in [0.15, 0.2) is 41.5 Å². The van der Waals surface area contributed by atoms with Crippen molar-refractivity contribution in [2.24, 2.45) is 23.2 Å². The molecule has 1 aromatic carbocycles. The third-order valence-electron chi connectivity index (χ3n) is 8.85. The van der Waals surface area contributed by atoms with Crippen molar-refractivity contribution in [1.82, 2.24) is 0 Å². The number of allylic oxidation sites excluding steroid dienone is 2. The summed E-state index contributed by atoms with van der Waals surface area (Å²) < 4.78 is 0. The zero-order valence-corrected chi connectivity index (χ0v) is 18.5. The van der Waals surface area contributed by atoms with Crippen molar-refractivity contribution in [3.8, 4) is 0 Å². The lowest BCUT2D eigenvalue weighted by Gasteiger charge is -2.59. The molecule has 0 radical (unpaired) electrons. The van der Waals surface area contributed by atoms with Gasteiger partial charge < -0.3 is 5.11 Å². The molecule has 0 heterocycles. The van der Waals surface area contributed by atoms with Gasteiger partial charge in [-0.05, 0) is 68.8 Å². The van der Waals surface area contributed by atoms with E-state index in [0.29, 0.717) is 23.5 Å². The fourth-order valence-electron chi connectivity index (χ4n) is 7.61. The molecule has 0 bridgehead atoms. The van der Waals surface area contributed by atoms with E-state index >= 15 is 0 Å². The summed E-state index contributed by atoms with van der Waals surface area (Å²) >= 11 is 0. The third kappa shape index (κ3) is 3.32. The number of carbonyl (C=O) groups is 1. The average Bonchev–Trinajstić information content (AvgIpc) is 2.73. The molecule has 0 aromatic heterocycles. The second-order valence-corrected chi connectivity index (χ2v) is 10.1. The van der Waals surface area contributed by atoms with Crippen molar-refractivity contribution < 1.29 is 9.90 Å². The van der Waals surface area contributed by atoms with Gasteiger partial charge in [0.15, 0.2) is 0 Å². The summed E-state index contributed by atoms with van der Waals surface area (Å²) in [4.78, 5) is 12.0. The van der Waals surface area contributed by atoms with Crippen LogP contribution in [0.25, 0.3) is 0 Å². The first-order chi connectivity index (χ1) is 13.9. The Morgan fingerprint density at radius 1 is 1.10 bits per heavy atom. The Labute approximate surface area is 176 Å². The highest BCUT2D eigenvalue weighted by atomic mass is 16.3. The molecular weight excluding hydrogens is 356 g/mol. The van der Waals surface area contributed by atoms with E-state index in [9.17, 15) is 9.90 Å². The normalized spacial score (nSPS) is 34.3. The van der Waals surface area contributed by atoms with Crippen LogP contribution in [0.5, 0.6) is 0 Å². The minimum Gasteiger partial charge on any atom is -0.385 e. The van der Waals surface area contributed by atoms with Gasteiger partial charge in [-0.25, -0.2) is 0 Å². The zero-order valence-electron chi connectivity index (χ0n) is 18.5. The summed E-state index contributed by atoms with van der Waals surface area (Å²) in [6, 6.07) is 10.4. The largest absolute Gasteiger partial charge is 0.385 e. The Hall–Kier alpha value is -1.41. The summed E-state index contributed by atoms with van der Waals surface area (Å²) in [7, 11) is 0. The molecule has 1 fully saturated rings. The van der Waals surface area contributed by atoms with Gasteiger partial charge in [-0.2, -0.15) is 0 Å². The first-order valence-corrected chi connectivity index (χ1v) is 11.9. The zero-order chi connectivity index (χ0) is 20.6. The summed E-state index contributed by atoms with van der Waals surface area (Å²) in [5.41, 5.74) is 3.32. The number of Topliss-reactive ketones (excluding diaryl/α,β-unsaturated/α-hetero) is 1. The van der Waals surface area contributed by atoms with Crippen LogP contribution in [-0.2, 0) is 10.4 Å². The quantitative estimate of drug-likeness (QED) is 0.573. The Morgan fingerprint density at radius 3 is 2.55 bits per heavy atom. The van der Waals surface area contributed by atoms with E-state index in [4.69, 9.17) is 0 Å². The number of hydrogen-bond donors (Lipinski definition) is 1. The van der Waals surface area contributed by atoms with Gasteiger partial charge in [0, 0.05) is 18.3 Å². The molecule has 158 valence electrons. The van der Waals surface area contributed by atoms with Gasteiger partial charge in [-0.1, -0.05) is 68.2 Å². The fraction of sp³-hybridized carbons (Fsp3) is 0.667. The minimum absolute atomic E-state index is 0.0679. The Bertz CT molecular complexity index is 775.